The first-order valence-corrected chi connectivity index (χ1v) is 8.15. The third kappa shape index (κ3) is 3.69. The molecule has 118 valence electrons. The number of anilines is 1. The summed E-state index contributed by atoms with van der Waals surface area (Å²) in [4.78, 5) is 4.68. The molecule has 2 aromatic rings. The second-order valence-electron chi connectivity index (χ2n) is 5.96. The van der Waals surface area contributed by atoms with E-state index in [1.54, 1.807) is 0 Å². The highest BCUT2D eigenvalue weighted by molar-refractivity contribution is 5.54. The van der Waals surface area contributed by atoms with Gasteiger partial charge in [-0.05, 0) is 54.9 Å². The van der Waals surface area contributed by atoms with Crippen LogP contribution in [0, 0.1) is 11.3 Å². The summed E-state index contributed by atoms with van der Waals surface area (Å²) in [7, 11) is 0. The molecule has 4 nitrogen and oxygen atoms in total. The maximum absolute atomic E-state index is 9.34. The minimum absolute atomic E-state index is 0.0725. The van der Waals surface area contributed by atoms with Gasteiger partial charge in [-0.1, -0.05) is 24.3 Å². The van der Waals surface area contributed by atoms with Crippen LogP contribution in [0.5, 0.6) is 0 Å². The number of nitrogens with zero attached hydrogens (tertiary/aromatic N) is 2. The molecule has 1 aliphatic rings. The van der Waals surface area contributed by atoms with E-state index in [2.05, 4.69) is 16.4 Å². The number of aryl methyl sites for hydroxylation is 2. The Bertz CT molecular complexity index is 717. The molecule has 1 aromatic carbocycles. The lowest BCUT2D eigenvalue weighted by molar-refractivity contribution is 0.282. The number of benzene rings is 1. The Morgan fingerprint density at radius 1 is 1.13 bits per heavy atom. The fourth-order valence-corrected chi connectivity index (χ4v) is 2.99. The second kappa shape index (κ2) is 7.26. The monoisotopic (exact) mass is 307 g/mol. The largest absolute Gasteiger partial charge is 0.392 e. The first kappa shape index (κ1) is 15.5. The highest BCUT2D eigenvalue weighted by atomic mass is 16.3. The minimum Gasteiger partial charge on any atom is -0.392 e. The molecule has 0 radical (unpaired) electrons. The van der Waals surface area contributed by atoms with Gasteiger partial charge in [-0.15, -0.1) is 0 Å². The predicted octanol–water partition coefficient (Wildman–Crippen LogP) is 2.98. The Morgan fingerprint density at radius 2 is 1.87 bits per heavy atom. The average molecular weight is 307 g/mol. The number of rotatable bonds is 5. The molecule has 0 unspecified atom stereocenters. The lowest BCUT2D eigenvalue weighted by Crippen LogP contribution is -2.12. The van der Waals surface area contributed by atoms with Crippen molar-refractivity contribution in [1.29, 1.82) is 5.26 Å². The molecule has 0 fully saturated rings. The fourth-order valence-electron chi connectivity index (χ4n) is 2.99. The predicted molar refractivity (Wildman–Crippen MR) is 90.2 cm³/mol. The van der Waals surface area contributed by atoms with Crippen molar-refractivity contribution in [1.82, 2.24) is 4.98 Å². The van der Waals surface area contributed by atoms with Gasteiger partial charge < -0.3 is 10.4 Å². The number of aliphatic hydroxyl groups excluding tert-OH is 1. The highest BCUT2D eigenvalue weighted by Crippen LogP contribution is 2.24. The van der Waals surface area contributed by atoms with E-state index in [9.17, 15) is 5.26 Å². The zero-order valence-corrected chi connectivity index (χ0v) is 13.2. The number of fused-ring (bicyclic) bond motifs is 1. The summed E-state index contributed by atoms with van der Waals surface area (Å²) in [5.74, 6) is 0.708. The van der Waals surface area contributed by atoms with Crippen molar-refractivity contribution in [2.24, 2.45) is 0 Å². The number of aliphatic hydroxyl groups is 1. The van der Waals surface area contributed by atoms with E-state index in [0.29, 0.717) is 11.4 Å². The lowest BCUT2D eigenvalue weighted by Gasteiger charge is -2.17. The number of pyridine rings is 1. The number of nitriles is 1. The Balaban J connectivity index is 1.66. The molecular formula is C19H21N3O. The maximum Gasteiger partial charge on any atom is 0.144 e. The molecule has 0 atom stereocenters. The molecule has 23 heavy (non-hydrogen) atoms. The lowest BCUT2D eigenvalue weighted by atomic mass is 9.95. The van der Waals surface area contributed by atoms with Crippen molar-refractivity contribution in [2.45, 2.75) is 38.7 Å². The van der Waals surface area contributed by atoms with Gasteiger partial charge in [-0.25, -0.2) is 4.98 Å². The zero-order valence-electron chi connectivity index (χ0n) is 13.2. The smallest absolute Gasteiger partial charge is 0.144 e. The van der Waals surface area contributed by atoms with Crippen molar-refractivity contribution in [3.05, 3.63) is 58.3 Å². The summed E-state index contributed by atoms with van der Waals surface area (Å²) < 4.78 is 0. The van der Waals surface area contributed by atoms with Gasteiger partial charge in [-0.2, -0.15) is 5.26 Å². The van der Waals surface area contributed by atoms with Crippen molar-refractivity contribution < 1.29 is 5.11 Å². The first-order chi connectivity index (χ1) is 11.3. The molecule has 0 saturated carbocycles. The minimum atomic E-state index is 0.0725. The van der Waals surface area contributed by atoms with Crippen LogP contribution < -0.4 is 5.32 Å². The van der Waals surface area contributed by atoms with Crippen LogP contribution in [-0.4, -0.2) is 16.6 Å². The Labute approximate surface area is 136 Å². The van der Waals surface area contributed by atoms with Crippen LogP contribution in [0.4, 0.5) is 5.82 Å². The fraction of sp³-hybridized carbons (Fsp3) is 0.368. The molecule has 4 heteroatoms. The summed E-state index contributed by atoms with van der Waals surface area (Å²) in [5.41, 5.74) is 5.14. The normalized spacial score (nSPS) is 13.2. The van der Waals surface area contributed by atoms with Crippen LogP contribution >= 0.6 is 0 Å². The zero-order chi connectivity index (χ0) is 16.1. The molecule has 1 aromatic heterocycles. The number of aromatic nitrogens is 1. The number of hydrogen-bond acceptors (Lipinski definition) is 4. The van der Waals surface area contributed by atoms with E-state index in [1.807, 2.05) is 30.3 Å². The molecular weight excluding hydrogens is 286 g/mol. The van der Waals surface area contributed by atoms with Crippen LogP contribution in [0.1, 0.15) is 40.8 Å². The maximum atomic E-state index is 9.34. The van der Waals surface area contributed by atoms with Gasteiger partial charge in [0.05, 0.1) is 12.2 Å². The molecule has 0 bridgehead atoms. The summed E-state index contributed by atoms with van der Waals surface area (Å²) in [5, 5.41) is 21.7. The third-order valence-corrected chi connectivity index (χ3v) is 4.33. The topological polar surface area (TPSA) is 68.9 Å². The Kier molecular flexibility index (Phi) is 4.89. The molecule has 0 aliphatic heterocycles. The van der Waals surface area contributed by atoms with Gasteiger partial charge in [0.2, 0.25) is 0 Å². The van der Waals surface area contributed by atoms with Crippen molar-refractivity contribution in [3.8, 4) is 6.07 Å². The van der Waals surface area contributed by atoms with Gasteiger partial charge in [0, 0.05) is 12.2 Å². The SMILES string of the molecule is N#Cc1cc2c(nc1NCCc1ccc(CO)cc1)CCCC2. The molecule has 1 heterocycles. The molecule has 0 amide bonds. The van der Waals surface area contributed by atoms with E-state index in [-0.39, 0.29) is 6.61 Å². The van der Waals surface area contributed by atoms with Crippen LogP contribution in [0.25, 0.3) is 0 Å². The first-order valence-electron chi connectivity index (χ1n) is 8.15. The Morgan fingerprint density at radius 3 is 2.61 bits per heavy atom. The third-order valence-electron chi connectivity index (χ3n) is 4.33. The van der Waals surface area contributed by atoms with E-state index >= 15 is 0 Å². The average Bonchev–Trinajstić information content (AvgIpc) is 2.61. The van der Waals surface area contributed by atoms with Crippen molar-refractivity contribution >= 4 is 5.82 Å². The van der Waals surface area contributed by atoms with E-state index in [1.165, 1.54) is 24.0 Å². The second-order valence-corrected chi connectivity index (χ2v) is 5.96. The molecule has 0 saturated heterocycles. The molecule has 3 rings (SSSR count). The summed E-state index contributed by atoms with van der Waals surface area (Å²) >= 11 is 0. The van der Waals surface area contributed by atoms with Gasteiger partial charge in [0.15, 0.2) is 0 Å². The van der Waals surface area contributed by atoms with Gasteiger partial charge >= 0.3 is 0 Å². The van der Waals surface area contributed by atoms with Gasteiger partial charge in [0.25, 0.3) is 0 Å². The van der Waals surface area contributed by atoms with E-state index in [4.69, 9.17) is 5.11 Å². The van der Waals surface area contributed by atoms with E-state index in [0.717, 1.165) is 37.1 Å². The van der Waals surface area contributed by atoms with Gasteiger partial charge in [0.1, 0.15) is 11.9 Å². The summed E-state index contributed by atoms with van der Waals surface area (Å²) in [6.07, 6.45) is 5.28. The molecule has 0 spiro atoms. The summed E-state index contributed by atoms with van der Waals surface area (Å²) in [6.45, 7) is 0.808. The van der Waals surface area contributed by atoms with Crippen LogP contribution in [0.3, 0.4) is 0 Å². The molecule has 2 N–H and O–H groups in total. The van der Waals surface area contributed by atoms with Crippen LogP contribution in [0.15, 0.2) is 30.3 Å². The van der Waals surface area contributed by atoms with Crippen molar-refractivity contribution in [3.63, 3.8) is 0 Å². The van der Waals surface area contributed by atoms with Gasteiger partial charge in [-0.3, -0.25) is 0 Å². The quantitative estimate of drug-likeness (QED) is 0.891. The van der Waals surface area contributed by atoms with Crippen LogP contribution in [0.2, 0.25) is 0 Å². The van der Waals surface area contributed by atoms with Crippen LogP contribution in [-0.2, 0) is 25.9 Å². The number of hydrogen-bond donors (Lipinski definition) is 2. The standard InChI is InChI=1S/C19H21N3O/c20-12-17-11-16-3-1-2-4-18(16)22-19(17)21-10-9-14-5-7-15(13-23)8-6-14/h5-8,11,23H,1-4,9-10,13H2,(H,21,22). The highest BCUT2D eigenvalue weighted by Gasteiger charge is 2.14. The molecule has 1 aliphatic carbocycles. The van der Waals surface area contributed by atoms with Crippen molar-refractivity contribution in [2.75, 3.05) is 11.9 Å². The summed E-state index contributed by atoms with van der Waals surface area (Å²) in [6, 6.07) is 12.2. The van der Waals surface area contributed by atoms with E-state index < -0.39 is 0 Å². The number of nitrogens with one attached hydrogen (secondary N) is 1. The Hall–Kier alpha value is -2.38.